The Labute approximate surface area is 128 Å². The molecule has 1 amide bonds. The molecule has 1 aromatic carbocycles. The van der Waals surface area contributed by atoms with E-state index in [0.29, 0.717) is 5.56 Å². The van der Waals surface area contributed by atoms with Crippen molar-refractivity contribution in [2.24, 2.45) is 0 Å². The molecule has 0 aliphatic carbocycles. The fourth-order valence-corrected chi connectivity index (χ4v) is 1.96. The Hall–Kier alpha value is -2.21. The van der Waals surface area contributed by atoms with Gasteiger partial charge in [0, 0.05) is 6.42 Å². The first-order chi connectivity index (χ1) is 10.5. The van der Waals surface area contributed by atoms with Crippen LogP contribution in [-0.4, -0.2) is 36.2 Å². The third-order valence-corrected chi connectivity index (χ3v) is 3.08. The van der Waals surface area contributed by atoms with E-state index < -0.39 is 17.9 Å². The zero-order valence-electron chi connectivity index (χ0n) is 12.4. The van der Waals surface area contributed by atoms with E-state index in [0.717, 1.165) is 0 Å². The predicted molar refractivity (Wildman–Crippen MR) is 80.0 cm³/mol. The summed E-state index contributed by atoms with van der Waals surface area (Å²) in [5.74, 6) is -2.39. The van der Waals surface area contributed by atoms with Crippen molar-refractivity contribution >= 4 is 11.9 Å². The van der Waals surface area contributed by atoms with Crippen LogP contribution in [0.1, 0.15) is 24.8 Å². The average Bonchev–Trinajstić information content (AvgIpc) is 2.46. The Balaban J connectivity index is 2.57. The van der Waals surface area contributed by atoms with E-state index in [9.17, 15) is 14.0 Å². The first kappa shape index (κ1) is 17.8. The van der Waals surface area contributed by atoms with Gasteiger partial charge in [0.2, 0.25) is 5.91 Å². The lowest BCUT2D eigenvalue weighted by molar-refractivity contribution is -0.143. The Kier molecular flexibility index (Phi) is 7.25. The highest BCUT2D eigenvalue weighted by atomic mass is 19.1. The molecule has 1 rings (SSSR count). The van der Waals surface area contributed by atoms with Gasteiger partial charge in [-0.2, -0.15) is 0 Å². The van der Waals surface area contributed by atoms with Crippen LogP contribution in [0.5, 0.6) is 0 Å². The lowest BCUT2D eigenvalue weighted by Gasteiger charge is -2.17. The molecule has 0 radical (unpaired) electrons. The number of carboxylic acids is 1. The maximum Gasteiger partial charge on any atom is 0.328 e. The Bertz CT molecular complexity index is 533. The highest BCUT2D eigenvalue weighted by Gasteiger charge is 2.22. The molecule has 0 bridgehead atoms. The summed E-state index contributed by atoms with van der Waals surface area (Å²) in [7, 11) is 0. The van der Waals surface area contributed by atoms with Gasteiger partial charge < -0.3 is 15.2 Å². The van der Waals surface area contributed by atoms with Crippen LogP contribution in [-0.2, 0) is 14.3 Å². The molecule has 5 nitrogen and oxygen atoms in total. The number of rotatable bonds is 9. The SMILES string of the molecule is C=CCOCC(NC(=O)CC(C)c1ccccc1F)C(=O)O. The highest BCUT2D eigenvalue weighted by molar-refractivity contribution is 5.84. The second kappa shape index (κ2) is 8.94. The number of carbonyl (C=O) groups excluding carboxylic acids is 1. The molecule has 0 fully saturated rings. The molecule has 0 aromatic heterocycles. The molecule has 1 aromatic rings. The van der Waals surface area contributed by atoms with E-state index in [1.54, 1.807) is 25.1 Å². The lowest BCUT2D eigenvalue weighted by atomic mass is 9.97. The fourth-order valence-electron chi connectivity index (χ4n) is 1.96. The maximum atomic E-state index is 13.6. The van der Waals surface area contributed by atoms with Crippen molar-refractivity contribution in [3.05, 3.63) is 48.3 Å². The van der Waals surface area contributed by atoms with Gasteiger partial charge in [-0.15, -0.1) is 6.58 Å². The summed E-state index contributed by atoms with van der Waals surface area (Å²) in [6.45, 7) is 5.21. The van der Waals surface area contributed by atoms with Gasteiger partial charge in [0.05, 0.1) is 13.2 Å². The minimum absolute atomic E-state index is 0.00777. The number of carboxylic acid groups (broad SMARTS) is 1. The van der Waals surface area contributed by atoms with Crippen LogP contribution in [0.25, 0.3) is 0 Å². The molecule has 0 saturated carbocycles. The summed E-state index contributed by atoms with van der Waals surface area (Å²) >= 11 is 0. The minimum Gasteiger partial charge on any atom is -0.480 e. The first-order valence-corrected chi connectivity index (χ1v) is 6.91. The lowest BCUT2D eigenvalue weighted by Crippen LogP contribution is -2.44. The van der Waals surface area contributed by atoms with Crippen LogP contribution < -0.4 is 5.32 Å². The van der Waals surface area contributed by atoms with Gasteiger partial charge in [0.15, 0.2) is 6.04 Å². The van der Waals surface area contributed by atoms with Crippen LogP contribution in [0.15, 0.2) is 36.9 Å². The van der Waals surface area contributed by atoms with Crippen LogP contribution in [0.4, 0.5) is 4.39 Å². The average molecular weight is 309 g/mol. The van der Waals surface area contributed by atoms with Crippen LogP contribution in [0.3, 0.4) is 0 Å². The molecule has 0 saturated heterocycles. The van der Waals surface area contributed by atoms with Crippen LogP contribution in [0, 0.1) is 5.82 Å². The second-order valence-electron chi connectivity index (χ2n) is 4.91. The number of hydrogen-bond acceptors (Lipinski definition) is 3. The summed E-state index contributed by atoms with van der Waals surface area (Å²) < 4.78 is 18.7. The van der Waals surface area contributed by atoms with Gasteiger partial charge in [0.1, 0.15) is 5.82 Å². The molecule has 0 spiro atoms. The van der Waals surface area contributed by atoms with Crippen molar-refractivity contribution in [3.8, 4) is 0 Å². The molecule has 2 atom stereocenters. The second-order valence-corrected chi connectivity index (χ2v) is 4.91. The molecule has 2 N–H and O–H groups in total. The number of nitrogens with one attached hydrogen (secondary N) is 1. The van der Waals surface area contributed by atoms with Gasteiger partial charge in [-0.1, -0.05) is 31.2 Å². The molecule has 0 aliphatic heterocycles. The topological polar surface area (TPSA) is 75.6 Å². The number of carbonyl (C=O) groups is 2. The van der Waals surface area contributed by atoms with Crippen molar-refractivity contribution < 1.29 is 23.8 Å². The van der Waals surface area contributed by atoms with Crippen LogP contribution in [0.2, 0.25) is 0 Å². The largest absolute Gasteiger partial charge is 0.480 e. The molecule has 2 unspecified atom stereocenters. The first-order valence-electron chi connectivity index (χ1n) is 6.91. The van der Waals surface area contributed by atoms with E-state index in [1.807, 2.05) is 0 Å². The van der Waals surface area contributed by atoms with E-state index in [1.165, 1.54) is 12.1 Å². The van der Waals surface area contributed by atoms with Crippen molar-refractivity contribution in [2.45, 2.75) is 25.3 Å². The Morgan fingerprint density at radius 1 is 1.45 bits per heavy atom. The third-order valence-electron chi connectivity index (χ3n) is 3.08. The molecule has 0 heterocycles. The molecular weight excluding hydrogens is 289 g/mol. The van der Waals surface area contributed by atoms with Gasteiger partial charge in [-0.25, -0.2) is 9.18 Å². The van der Waals surface area contributed by atoms with E-state index in [4.69, 9.17) is 9.84 Å². The van der Waals surface area contributed by atoms with Crippen molar-refractivity contribution in [1.82, 2.24) is 5.32 Å². The summed E-state index contributed by atoms with van der Waals surface area (Å²) in [5.41, 5.74) is 0.424. The smallest absolute Gasteiger partial charge is 0.328 e. The number of hydrogen-bond donors (Lipinski definition) is 2. The molecule has 22 heavy (non-hydrogen) atoms. The molecule has 0 aliphatic rings. The third kappa shape index (κ3) is 5.65. The quantitative estimate of drug-likeness (QED) is 0.541. The standard InChI is InChI=1S/C16H20FNO4/c1-3-8-22-10-14(16(20)21)18-15(19)9-11(2)12-6-4-5-7-13(12)17/h3-7,11,14H,1,8-10H2,2H3,(H,18,19)(H,20,21). The van der Waals surface area contributed by atoms with Gasteiger partial charge in [-0.3, -0.25) is 4.79 Å². The van der Waals surface area contributed by atoms with Crippen molar-refractivity contribution in [1.29, 1.82) is 0 Å². The zero-order chi connectivity index (χ0) is 16.5. The Morgan fingerprint density at radius 3 is 2.73 bits per heavy atom. The summed E-state index contributed by atoms with van der Waals surface area (Å²) in [6, 6.07) is 5.06. The monoisotopic (exact) mass is 309 g/mol. The summed E-state index contributed by atoms with van der Waals surface area (Å²) in [6.07, 6.45) is 1.48. The summed E-state index contributed by atoms with van der Waals surface area (Å²) in [4.78, 5) is 23.0. The molecule has 6 heteroatoms. The van der Waals surface area contributed by atoms with Gasteiger partial charge in [-0.05, 0) is 17.5 Å². The van der Waals surface area contributed by atoms with Crippen molar-refractivity contribution in [2.75, 3.05) is 13.2 Å². The minimum atomic E-state index is -1.18. The predicted octanol–water partition coefficient (Wildman–Crippen LogP) is 2.09. The number of halogens is 1. The highest BCUT2D eigenvalue weighted by Crippen LogP contribution is 2.21. The van der Waals surface area contributed by atoms with E-state index >= 15 is 0 Å². The van der Waals surface area contributed by atoms with Crippen molar-refractivity contribution in [3.63, 3.8) is 0 Å². The number of amides is 1. The summed E-state index contributed by atoms with van der Waals surface area (Å²) in [5, 5.41) is 11.4. The molecular formula is C16H20FNO4. The van der Waals surface area contributed by atoms with E-state index in [2.05, 4.69) is 11.9 Å². The van der Waals surface area contributed by atoms with Crippen LogP contribution >= 0.6 is 0 Å². The fraction of sp³-hybridized carbons (Fsp3) is 0.375. The number of benzene rings is 1. The number of ether oxygens (including phenoxy) is 1. The zero-order valence-corrected chi connectivity index (χ0v) is 12.4. The van der Waals surface area contributed by atoms with Gasteiger partial charge in [0.25, 0.3) is 0 Å². The Morgan fingerprint density at radius 2 is 2.14 bits per heavy atom. The normalized spacial score (nSPS) is 13.2. The number of aliphatic carboxylic acids is 1. The molecule has 120 valence electrons. The maximum absolute atomic E-state index is 13.6. The van der Waals surface area contributed by atoms with E-state index in [-0.39, 0.29) is 31.4 Å². The van der Waals surface area contributed by atoms with Gasteiger partial charge >= 0.3 is 5.97 Å².